The van der Waals surface area contributed by atoms with Gasteiger partial charge in [-0.1, -0.05) is 6.07 Å². The van der Waals surface area contributed by atoms with Crippen molar-refractivity contribution in [1.82, 2.24) is 15.0 Å². The Labute approximate surface area is 120 Å². The predicted octanol–water partition coefficient (Wildman–Crippen LogP) is 3.39. The van der Waals surface area contributed by atoms with E-state index < -0.39 is 0 Å². The molecule has 2 aromatic rings. The van der Waals surface area contributed by atoms with Gasteiger partial charge in [0.05, 0.1) is 6.61 Å². The average Bonchev–Trinajstić information content (AvgIpc) is 2.38. The molecule has 100 valence electrons. The summed E-state index contributed by atoms with van der Waals surface area (Å²) in [5, 5.41) is 3.18. The van der Waals surface area contributed by atoms with Crippen molar-refractivity contribution in [2.75, 3.05) is 18.2 Å². The summed E-state index contributed by atoms with van der Waals surface area (Å²) in [5.74, 6) is 0.363. The first-order chi connectivity index (χ1) is 9.21. The molecule has 19 heavy (non-hydrogen) atoms. The average molecular weight is 297 g/mol. The third-order valence-corrected chi connectivity index (χ3v) is 3.08. The molecule has 0 saturated carbocycles. The number of hydrogen-bond acceptors (Lipinski definition) is 6. The zero-order valence-electron chi connectivity index (χ0n) is 10.6. The van der Waals surface area contributed by atoms with E-state index in [9.17, 15) is 0 Å². The highest BCUT2D eigenvalue weighted by molar-refractivity contribution is 7.98. The predicted molar refractivity (Wildman–Crippen MR) is 77.5 cm³/mol. The molecule has 7 heteroatoms. The molecule has 0 amide bonds. The number of nitrogens with zero attached hydrogens (tertiary/aromatic N) is 3. The van der Waals surface area contributed by atoms with Crippen LogP contribution in [0.15, 0.2) is 29.2 Å². The van der Waals surface area contributed by atoms with Gasteiger partial charge in [-0.15, -0.1) is 11.8 Å². The summed E-state index contributed by atoms with van der Waals surface area (Å²) in [4.78, 5) is 13.2. The second kappa shape index (κ2) is 6.58. The van der Waals surface area contributed by atoms with E-state index in [0.717, 1.165) is 10.6 Å². The zero-order valence-corrected chi connectivity index (χ0v) is 12.1. The lowest BCUT2D eigenvalue weighted by atomic mass is 10.3. The van der Waals surface area contributed by atoms with Crippen LogP contribution in [0.5, 0.6) is 6.01 Å². The molecule has 0 atom stereocenters. The van der Waals surface area contributed by atoms with Gasteiger partial charge in [-0.2, -0.15) is 15.0 Å². The third-order valence-electron chi connectivity index (χ3n) is 2.19. The number of rotatable bonds is 5. The first-order valence-electron chi connectivity index (χ1n) is 5.66. The minimum absolute atomic E-state index is 0.0990. The molecule has 0 aliphatic carbocycles. The van der Waals surface area contributed by atoms with E-state index >= 15 is 0 Å². The lowest BCUT2D eigenvalue weighted by Crippen LogP contribution is -2.03. The van der Waals surface area contributed by atoms with Crippen molar-refractivity contribution in [2.45, 2.75) is 11.8 Å². The highest BCUT2D eigenvalue weighted by atomic mass is 35.5. The summed E-state index contributed by atoms with van der Waals surface area (Å²) < 4.78 is 5.22. The minimum atomic E-state index is 0.0990. The van der Waals surface area contributed by atoms with Crippen LogP contribution in [0.25, 0.3) is 0 Å². The Morgan fingerprint density at radius 1 is 1.32 bits per heavy atom. The smallest absolute Gasteiger partial charge is 0.322 e. The Hall–Kier alpha value is -1.53. The van der Waals surface area contributed by atoms with Gasteiger partial charge in [0, 0.05) is 10.6 Å². The number of thioether (sulfide) groups is 1. The molecule has 1 N–H and O–H groups in total. The number of ether oxygens (including phenoxy) is 1. The summed E-state index contributed by atoms with van der Waals surface area (Å²) in [6.07, 6.45) is 2.02. The number of halogens is 1. The monoisotopic (exact) mass is 296 g/mol. The van der Waals surface area contributed by atoms with Crippen LogP contribution in [-0.2, 0) is 0 Å². The van der Waals surface area contributed by atoms with Gasteiger partial charge in [0.2, 0.25) is 11.2 Å². The van der Waals surface area contributed by atoms with Crippen molar-refractivity contribution >= 4 is 35.0 Å². The Balaban J connectivity index is 2.22. The highest BCUT2D eigenvalue weighted by Crippen LogP contribution is 2.22. The summed E-state index contributed by atoms with van der Waals surface area (Å²) in [6, 6.07) is 8.13. The van der Waals surface area contributed by atoms with E-state index in [-0.39, 0.29) is 11.3 Å². The fraction of sp³-hybridized carbons (Fsp3) is 0.250. The maximum absolute atomic E-state index is 5.82. The molecule has 0 aliphatic rings. The zero-order chi connectivity index (χ0) is 13.7. The van der Waals surface area contributed by atoms with Crippen LogP contribution in [0.2, 0.25) is 5.28 Å². The molecule has 0 bridgehead atoms. The summed E-state index contributed by atoms with van der Waals surface area (Å²) in [7, 11) is 0. The lowest BCUT2D eigenvalue weighted by Gasteiger charge is -2.07. The molecular formula is C12H13ClN4OS. The fourth-order valence-electron chi connectivity index (χ4n) is 1.41. The first-order valence-corrected chi connectivity index (χ1v) is 7.27. The van der Waals surface area contributed by atoms with Gasteiger partial charge in [0.25, 0.3) is 0 Å². The largest absolute Gasteiger partial charge is 0.464 e. The highest BCUT2D eigenvalue weighted by Gasteiger charge is 2.06. The van der Waals surface area contributed by atoms with Crippen molar-refractivity contribution in [2.24, 2.45) is 0 Å². The number of aromatic nitrogens is 3. The van der Waals surface area contributed by atoms with E-state index in [1.54, 1.807) is 11.8 Å². The standard InChI is InChI=1S/C12H13ClN4OS/c1-3-18-12-16-10(13)15-11(17-12)14-8-5-4-6-9(7-8)19-2/h4-7H,3H2,1-2H3,(H,14,15,16,17). The Morgan fingerprint density at radius 3 is 2.89 bits per heavy atom. The Bertz CT molecular complexity index is 567. The molecule has 1 aromatic carbocycles. The fourth-order valence-corrected chi connectivity index (χ4v) is 2.02. The van der Waals surface area contributed by atoms with E-state index in [1.807, 2.05) is 37.4 Å². The van der Waals surface area contributed by atoms with Crippen molar-refractivity contribution in [1.29, 1.82) is 0 Å². The maximum atomic E-state index is 5.82. The molecule has 2 rings (SSSR count). The van der Waals surface area contributed by atoms with Crippen molar-refractivity contribution in [3.63, 3.8) is 0 Å². The number of benzene rings is 1. The van der Waals surface area contributed by atoms with Crippen molar-refractivity contribution < 1.29 is 4.74 Å². The van der Waals surface area contributed by atoms with E-state index in [0.29, 0.717) is 12.6 Å². The molecule has 5 nitrogen and oxygen atoms in total. The molecule has 0 aliphatic heterocycles. The van der Waals surface area contributed by atoms with Gasteiger partial charge in [-0.05, 0) is 43.0 Å². The van der Waals surface area contributed by atoms with Crippen LogP contribution in [0.4, 0.5) is 11.6 Å². The summed E-state index contributed by atoms with van der Waals surface area (Å²) in [6.45, 7) is 2.33. The topological polar surface area (TPSA) is 59.9 Å². The van der Waals surface area contributed by atoms with Crippen LogP contribution in [0, 0.1) is 0 Å². The van der Waals surface area contributed by atoms with Crippen LogP contribution in [0.1, 0.15) is 6.92 Å². The normalized spacial score (nSPS) is 10.3. The molecule has 0 saturated heterocycles. The van der Waals surface area contributed by atoms with Crippen LogP contribution in [0.3, 0.4) is 0 Å². The van der Waals surface area contributed by atoms with Crippen LogP contribution >= 0.6 is 23.4 Å². The minimum Gasteiger partial charge on any atom is -0.464 e. The number of hydrogen-bond donors (Lipinski definition) is 1. The number of nitrogens with one attached hydrogen (secondary N) is 1. The quantitative estimate of drug-likeness (QED) is 0.854. The Kier molecular flexibility index (Phi) is 4.81. The van der Waals surface area contributed by atoms with Crippen molar-refractivity contribution in [3.05, 3.63) is 29.5 Å². The number of anilines is 2. The summed E-state index contributed by atoms with van der Waals surface area (Å²) in [5.41, 5.74) is 0.886. The van der Waals surface area contributed by atoms with Gasteiger partial charge in [0.15, 0.2) is 0 Å². The first kappa shape index (κ1) is 13.9. The molecule has 0 fully saturated rings. The van der Waals surface area contributed by atoms with Gasteiger partial charge < -0.3 is 10.1 Å². The van der Waals surface area contributed by atoms with E-state index in [2.05, 4.69) is 20.3 Å². The molecule has 0 spiro atoms. The van der Waals surface area contributed by atoms with Gasteiger partial charge >= 0.3 is 6.01 Å². The van der Waals surface area contributed by atoms with Crippen LogP contribution in [-0.4, -0.2) is 27.8 Å². The SMILES string of the molecule is CCOc1nc(Cl)nc(Nc2cccc(SC)c2)n1. The van der Waals surface area contributed by atoms with E-state index in [1.165, 1.54) is 0 Å². The third kappa shape index (κ3) is 3.97. The van der Waals surface area contributed by atoms with Gasteiger partial charge in [0.1, 0.15) is 0 Å². The molecule has 0 unspecified atom stereocenters. The maximum Gasteiger partial charge on any atom is 0.322 e. The summed E-state index contributed by atoms with van der Waals surface area (Å²) >= 11 is 7.49. The van der Waals surface area contributed by atoms with Gasteiger partial charge in [-0.3, -0.25) is 0 Å². The van der Waals surface area contributed by atoms with E-state index in [4.69, 9.17) is 16.3 Å². The molecule has 1 aromatic heterocycles. The van der Waals surface area contributed by atoms with Crippen molar-refractivity contribution in [3.8, 4) is 6.01 Å². The Morgan fingerprint density at radius 2 is 2.16 bits per heavy atom. The molecule has 1 heterocycles. The van der Waals surface area contributed by atoms with Crippen LogP contribution < -0.4 is 10.1 Å². The second-order valence-corrected chi connectivity index (χ2v) is 4.72. The van der Waals surface area contributed by atoms with Gasteiger partial charge in [-0.25, -0.2) is 0 Å². The second-order valence-electron chi connectivity index (χ2n) is 3.50. The molecular weight excluding hydrogens is 284 g/mol. The lowest BCUT2D eigenvalue weighted by molar-refractivity contribution is 0.312. The molecule has 0 radical (unpaired) electrons.